The Balaban J connectivity index is 1.90. The van der Waals surface area contributed by atoms with Gasteiger partial charge in [-0.3, -0.25) is 4.79 Å². The molecule has 0 heterocycles. The average Bonchev–Trinajstić information content (AvgIpc) is 2.59. The molecule has 0 radical (unpaired) electrons. The molecule has 0 aliphatic carbocycles. The molecule has 0 aromatic heterocycles. The largest absolute Gasteiger partial charge is 0.489 e. The van der Waals surface area contributed by atoms with E-state index in [1.165, 1.54) is 24.3 Å². The molecule has 5 heteroatoms. The fraction of sp³-hybridized carbons (Fsp3) is 0.222. The molecule has 1 amide bonds. The SMILES string of the molecule is CCC(CNC(=O)c1ccc(C(=O)O)cc1)Oc1ccccc1. The van der Waals surface area contributed by atoms with Crippen molar-refractivity contribution < 1.29 is 19.4 Å². The van der Waals surface area contributed by atoms with Gasteiger partial charge in [0.1, 0.15) is 11.9 Å². The number of aromatic carboxylic acids is 1. The van der Waals surface area contributed by atoms with Gasteiger partial charge in [0.2, 0.25) is 0 Å². The minimum Gasteiger partial charge on any atom is -0.489 e. The van der Waals surface area contributed by atoms with E-state index in [2.05, 4.69) is 5.32 Å². The molecule has 1 unspecified atom stereocenters. The summed E-state index contributed by atoms with van der Waals surface area (Å²) in [5.41, 5.74) is 0.574. The highest BCUT2D eigenvalue weighted by molar-refractivity contribution is 5.95. The molecule has 5 nitrogen and oxygen atoms in total. The van der Waals surface area contributed by atoms with Crippen molar-refractivity contribution in [3.8, 4) is 5.75 Å². The molecule has 2 N–H and O–H groups in total. The van der Waals surface area contributed by atoms with Crippen molar-refractivity contribution in [1.82, 2.24) is 5.32 Å². The monoisotopic (exact) mass is 313 g/mol. The van der Waals surface area contributed by atoms with E-state index < -0.39 is 5.97 Å². The van der Waals surface area contributed by atoms with Crippen molar-refractivity contribution >= 4 is 11.9 Å². The summed E-state index contributed by atoms with van der Waals surface area (Å²) in [6.45, 7) is 2.37. The van der Waals surface area contributed by atoms with E-state index in [1.807, 2.05) is 37.3 Å². The Kier molecular flexibility index (Phi) is 5.74. The molecule has 1 atom stereocenters. The molecule has 2 aromatic rings. The number of hydrogen-bond acceptors (Lipinski definition) is 3. The third-order valence-corrected chi connectivity index (χ3v) is 3.39. The standard InChI is InChI=1S/C18H19NO4/c1-2-15(23-16-6-4-3-5-7-16)12-19-17(20)13-8-10-14(11-9-13)18(21)22/h3-11,15H,2,12H2,1H3,(H,19,20)(H,21,22). The molecular formula is C18H19NO4. The summed E-state index contributed by atoms with van der Waals surface area (Å²) in [5, 5.41) is 11.7. The Bertz CT molecular complexity index is 652. The van der Waals surface area contributed by atoms with Crippen LogP contribution in [0.3, 0.4) is 0 Å². The van der Waals surface area contributed by atoms with Crippen molar-refractivity contribution in [3.63, 3.8) is 0 Å². The first-order valence-electron chi connectivity index (χ1n) is 7.43. The lowest BCUT2D eigenvalue weighted by atomic mass is 10.1. The van der Waals surface area contributed by atoms with Crippen LogP contribution in [0.5, 0.6) is 5.75 Å². The van der Waals surface area contributed by atoms with Crippen LogP contribution >= 0.6 is 0 Å². The Morgan fingerprint density at radius 1 is 1.04 bits per heavy atom. The van der Waals surface area contributed by atoms with E-state index in [9.17, 15) is 9.59 Å². The highest BCUT2D eigenvalue weighted by atomic mass is 16.5. The molecule has 120 valence electrons. The van der Waals surface area contributed by atoms with E-state index >= 15 is 0 Å². The van der Waals surface area contributed by atoms with Gasteiger partial charge in [0, 0.05) is 5.56 Å². The zero-order chi connectivity index (χ0) is 16.7. The van der Waals surface area contributed by atoms with Gasteiger partial charge in [0.15, 0.2) is 0 Å². The summed E-state index contributed by atoms with van der Waals surface area (Å²) in [7, 11) is 0. The maximum absolute atomic E-state index is 12.1. The van der Waals surface area contributed by atoms with E-state index in [0.29, 0.717) is 12.1 Å². The van der Waals surface area contributed by atoms with Gasteiger partial charge in [0.25, 0.3) is 5.91 Å². The zero-order valence-electron chi connectivity index (χ0n) is 12.9. The molecule has 0 fully saturated rings. The lowest BCUT2D eigenvalue weighted by molar-refractivity contribution is 0.0696. The molecule has 2 aromatic carbocycles. The third kappa shape index (κ3) is 4.85. The summed E-state index contributed by atoms with van der Waals surface area (Å²) in [5.74, 6) is -0.504. The number of benzene rings is 2. The van der Waals surface area contributed by atoms with Crippen LogP contribution in [0, 0.1) is 0 Å². The van der Waals surface area contributed by atoms with Gasteiger partial charge in [-0.25, -0.2) is 4.79 Å². The second-order valence-corrected chi connectivity index (χ2v) is 5.05. The minimum atomic E-state index is -1.01. The van der Waals surface area contributed by atoms with Crippen LogP contribution < -0.4 is 10.1 Å². The van der Waals surface area contributed by atoms with Gasteiger partial charge >= 0.3 is 5.97 Å². The Labute approximate surface area is 134 Å². The smallest absolute Gasteiger partial charge is 0.335 e. The van der Waals surface area contributed by atoms with E-state index in [0.717, 1.165) is 12.2 Å². The number of para-hydroxylation sites is 1. The van der Waals surface area contributed by atoms with E-state index in [-0.39, 0.29) is 17.6 Å². The number of carboxylic acid groups (broad SMARTS) is 1. The normalized spacial score (nSPS) is 11.5. The Hall–Kier alpha value is -2.82. The highest BCUT2D eigenvalue weighted by Gasteiger charge is 2.12. The topological polar surface area (TPSA) is 75.6 Å². The van der Waals surface area contributed by atoms with Crippen LogP contribution in [0.4, 0.5) is 0 Å². The predicted octanol–water partition coefficient (Wildman–Crippen LogP) is 2.97. The average molecular weight is 313 g/mol. The van der Waals surface area contributed by atoms with Gasteiger partial charge in [-0.1, -0.05) is 25.1 Å². The highest BCUT2D eigenvalue weighted by Crippen LogP contribution is 2.12. The first-order chi connectivity index (χ1) is 11.1. The number of nitrogens with one attached hydrogen (secondary N) is 1. The lowest BCUT2D eigenvalue weighted by Gasteiger charge is -2.18. The van der Waals surface area contributed by atoms with Crippen LogP contribution in [-0.4, -0.2) is 29.6 Å². The second kappa shape index (κ2) is 7.98. The van der Waals surface area contributed by atoms with Crippen molar-refractivity contribution in [2.75, 3.05) is 6.54 Å². The molecule has 2 rings (SSSR count). The fourth-order valence-corrected chi connectivity index (χ4v) is 2.03. The van der Waals surface area contributed by atoms with Crippen molar-refractivity contribution in [2.45, 2.75) is 19.4 Å². The molecule has 0 aliphatic rings. The van der Waals surface area contributed by atoms with Gasteiger partial charge in [-0.2, -0.15) is 0 Å². The second-order valence-electron chi connectivity index (χ2n) is 5.05. The Morgan fingerprint density at radius 3 is 2.22 bits per heavy atom. The maximum atomic E-state index is 12.1. The number of amides is 1. The first kappa shape index (κ1) is 16.5. The first-order valence-corrected chi connectivity index (χ1v) is 7.43. The number of carbonyl (C=O) groups is 2. The zero-order valence-corrected chi connectivity index (χ0v) is 12.9. The number of ether oxygens (including phenoxy) is 1. The molecule has 0 spiro atoms. The summed E-state index contributed by atoms with van der Waals surface area (Å²) in [4.78, 5) is 22.9. The van der Waals surface area contributed by atoms with Crippen LogP contribution in [0.15, 0.2) is 54.6 Å². The lowest BCUT2D eigenvalue weighted by Crippen LogP contribution is -2.35. The van der Waals surface area contributed by atoms with Gasteiger partial charge < -0.3 is 15.2 Å². The number of rotatable bonds is 7. The Morgan fingerprint density at radius 2 is 1.65 bits per heavy atom. The number of hydrogen-bond donors (Lipinski definition) is 2. The van der Waals surface area contributed by atoms with E-state index in [4.69, 9.17) is 9.84 Å². The molecule has 23 heavy (non-hydrogen) atoms. The molecule has 0 saturated carbocycles. The summed E-state index contributed by atoms with van der Waals surface area (Å²) in [6, 6.07) is 15.3. The summed E-state index contributed by atoms with van der Waals surface area (Å²) in [6.07, 6.45) is 0.632. The molecule has 0 saturated heterocycles. The molecular weight excluding hydrogens is 294 g/mol. The van der Waals surface area contributed by atoms with Crippen molar-refractivity contribution in [1.29, 1.82) is 0 Å². The molecule has 0 aliphatic heterocycles. The predicted molar refractivity (Wildman–Crippen MR) is 86.9 cm³/mol. The van der Waals surface area contributed by atoms with Crippen LogP contribution in [0.25, 0.3) is 0 Å². The number of carbonyl (C=O) groups excluding carboxylic acids is 1. The quantitative estimate of drug-likeness (QED) is 0.824. The summed E-state index contributed by atoms with van der Waals surface area (Å²) < 4.78 is 5.81. The third-order valence-electron chi connectivity index (χ3n) is 3.39. The van der Waals surface area contributed by atoms with Crippen LogP contribution in [-0.2, 0) is 0 Å². The summed E-state index contributed by atoms with van der Waals surface area (Å²) >= 11 is 0. The minimum absolute atomic E-state index is 0.125. The maximum Gasteiger partial charge on any atom is 0.335 e. The fourth-order valence-electron chi connectivity index (χ4n) is 2.03. The van der Waals surface area contributed by atoms with Crippen LogP contribution in [0.2, 0.25) is 0 Å². The van der Waals surface area contributed by atoms with E-state index in [1.54, 1.807) is 0 Å². The van der Waals surface area contributed by atoms with Gasteiger partial charge in [-0.05, 0) is 42.8 Å². The van der Waals surface area contributed by atoms with Crippen LogP contribution in [0.1, 0.15) is 34.1 Å². The van der Waals surface area contributed by atoms with Crippen molar-refractivity contribution in [3.05, 3.63) is 65.7 Å². The van der Waals surface area contributed by atoms with Crippen molar-refractivity contribution in [2.24, 2.45) is 0 Å². The number of carboxylic acids is 1. The van der Waals surface area contributed by atoms with Gasteiger partial charge in [0.05, 0.1) is 12.1 Å². The van der Waals surface area contributed by atoms with Gasteiger partial charge in [-0.15, -0.1) is 0 Å². The molecule has 0 bridgehead atoms.